The lowest BCUT2D eigenvalue weighted by molar-refractivity contribution is -0.145. The fourth-order valence-corrected chi connectivity index (χ4v) is 2.65. The minimum Gasteiger partial charge on any atom is -0.468 e. The van der Waals surface area contributed by atoms with Gasteiger partial charge in [-0.05, 0) is 30.7 Å². The van der Waals surface area contributed by atoms with Gasteiger partial charge in [0.1, 0.15) is 5.41 Å². The summed E-state index contributed by atoms with van der Waals surface area (Å²) in [4.78, 5) is 25.1. The summed E-state index contributed by atoms with van der Waals surface area (Å²) in [7, 11) is 1.33. The number of hydrogen-bond donors (Lipinski definition) is 0. The van der Waals surface area contributed by atoms with Crippen molar-refractivity contribution in [3.8, 4) is 0 Å². The van der Waals surface area contributed by atoms with E-state index >= 15 is 0 Å². The fraction of sp³-hybridized carbons (Fsp3) is 0.429. The standard InChI is InChI=1S/C14H16O3S/c1-3-18-11-6-4-10(5-7-11)12(15)14(8-9-14)13(16)17-2/h4-7H,3,8-9H2,1-2H3. The molecule has 0 radical (unpaired) electrons. The molecule has 0 aromatic heterocycles. The van der Waals surface area contributed by atoms with Crippen molar-refractivity contribution in [2.24, 2.45) is 5.41 Å². The van der Waals surface area contributed by atoms with Crippen molar-refractivity contribution >= 4 is 23.5 Å². The van der Waals surface area contributed by atoms with Crippen LogP contribution in [0.3, 0.4) is 0 Å². The van der Waals surface area contributed by atoms with Crippen molar-refractivity contribution in [3.05, 3.63) is 29.8 Å². The second-order valence-corrected chi connectivity index (χ2v) is 5.70. The summed E-state index contributed by atoms with van der Waals surface area (Å²) in [5, 5.41) is 0. The van der Waals surface area contributed by atoms with Crippen molar-refractivity contribution in [2.45, 2.75) is 24.7 Å². The van der Waals surface area contributed by atoms with E-state index in [1.165, 1.54) is 7.11 Å². The van der Waals surface area contributed by atoms with Gasteiger partial charge in [0.2, 0.25) is 0 Å². The monoisotopic (exact) mass is 264 g/mol. The number of carbonyl (C=O) groups is 2. The summed E-state index contributed by atoms with van der Waals surface area (Å²) in [5.74, 6) is 0.487. The maximum absolute atomic E-state index is 12.3. The Hall–Kier alpha value is -1.29. The van der Waals surface area contributed by atoms with Crippen LogP contribution in [-0.2, 0) is 9.53 Å². The second-order valence-electron chi connectivity index (χ2n) is 4.36. The van der Waals surface area contributed by atoms with E-state index in [2.05, 4.69) is 6.92 Å². The Morgan fingerprint density at radius 1 is 1.28 bits per heavy atom. The van der Waals surface area contributed by atoms with E-state index in [4.69, 9.17) is 4.74 Å². The van der Waals surface area contributed by atoms with Gasteiger partial charge >= 0.3 is 5.97 Å². The Morgan fingerprint density at radius 2 is 1.89 bits per heavy atom. The molecule has 0 unspecified atom stereocenters. The lowest BCUT2D eigenvalue weighted by Gasteiger charge is -2.11. The number of thioether (sulfide) groups is 1. The molecule has 96 valence electrons. The minimum absolute atomic E-state index is 0.109. The van der Waals surface area contributed by atoms with Gasteiger partial charge < -0.3 is 4.74 Å². The molecule has 0 aliphatic heterocycles. The third-order valence-corrected chi connectivity index (χ3v) is 4.08. The van der Waals surface area contributed by atoms with Crippen LogP contribution in [0.25, 0.3) is 0 Å². The lowest BCUT2D eigenvalue weighted by Crippen LogP contribution is -2.27. The van der Waals surface area contributed by atoms with Crippen LogP contribution in [0.1, 0.15) is 30.1 Å². The van der Waals surface area contributed by atoms with E-state index < -0.39 is 11.4 Å². The predicted molar refractivity (Wildman–Crippen MR) is 70.9 cm³/mol. The van der Waals surface area contributed by atoms with E-state index in [0.717, 1.165) is 10.6 Å². The first-order chi connectivity index (χ1) is 8.64. The van der Waals surface area contributed by atoms with Gasteiger partial charge in [-0.2, -0.15) is 0 Å². The van der Waals surface area contributed by atoms with Crippen LogP contribution < -0.4 is 0 Å². The SMILES string of the molecule is CCSc1ccc(C(=O)C2(C(=O)OC)CC2)cc1. The van der Waals surface area contributed by atoms with E-state index in [1.54, 1.807) is 23.9 Å². The smallest absolute Gasteiger partial charge is 0.319 e. The number of ketones is 1. The van der Waals surface area contributed by atoms with E-state index in [0.29, 0.717) is 18.4 Å². The summed E-state index contributed by atoms with van der Waals surface area (Å²) in [6.45, 7) is 2.08. The largest absolute Gasteiger partial charge is 0.468 e. The molecule has 1 aliphatic carbocycles. The molecule has 18 heavy (non-hydrogen) atoms. The average Bonchev–Trinajstić information content (AvgIpc) is 3.20. The molecular formula is C14H16O3S. The Morgan fingerprint density at radius 3 is 2.33 bits per heavy atom. The van der Waals surface area contributed by atoms with Gasteiger partial charge in [0.15, 0.2) is 5.78 Å². The van der Waals surface area contributed by atoms with Gasteiger partial charge in [0.05, 0.1) is 7.11 Å². The molecule has 0 saturated heterocycles. The molecule has 0 amide bonds. The van der Waals surface area contributed by atoms with Gasteiger partial charge in [-0.15, -0.1) is 11.8 Å². The number of methoxy groups -OCH3 is 1. The number of rotatable bonds is 5. The van der Waals surface area contributed by atoms with Crippen LogP contribution in [0, 0.1) is 5.41 Å². The van der Waals surface area contributed by atoms with E-state index in [9.17, 15) is 9.59 Å². The predicted octanol–water partition coefficient (Wildman–Crippen LogP) is 2.93. The highest BCUT2D eigenvalue weighted by atomic mass is 32.2. The van der Waals surface area contributed by atoms with E-state index in [-0.39, 0.29) is 5.78 Å². The molecule has 2 rings (SSSR count). The summed E-state index contributed by atoms with van der Waals surface area (Å²) in [5.41, 5.74) is -0.299. The van der Waals surface area contributed by atoms with Crippen molar-refractivity contribution in [1.29, 1.82) is 0 Å². The van der Waals surface area contributed by atoms with Crippen LogP contribution >= 0.6 is 11.8 Å². The topological polar surface area (TPSA) is 43.4 Å². The number of hydrogen-bond acceptors (Lipinski definition) is 4. The molecule has 3 nitrogen and oxygen atoms in total. The average molecular weight is 264 g/mol. The Balaban J connectivity index is 2.17. The molecule has 1 fully saturated rings. The molecule has 1 saturated carbocycles. The molecule has 0 heterocycles. The maximum Gasteiger partial charge on any atom is 0.319 e. The van der Waals surface area contributed by atoms with Crippen LogP contribution in [0.5, 0.6) is 0 Å². The fourth-order valence-electron chi connectivity index (χ4n) is 1.99. The highest BCUT2D eigenvalue weighted by Crippen LogP contribution is 2.49. The first-order valence-corrected chi connectivity index (χ1v) is 6.98. The van der Waals surface area contributed by atoms with Gasteiger partial charge in [0.25, 0.3) is 0 Å². The van der Waals surface area contributed by atoms with Crippen LogP contribution in [0.4, 0.5) is 0 Å². The molecular weight excluding hydrogens is 248 g/mol. The summed E-state index contributed by atoms with van der Waals surface area (Å²) < 4.78 is 4.72. The molecule has 0 bridgehead atoms. The molecule has 1 aromatic rings. The Labute approximate surface area is 111 Å². The molecule has 0 N–H and O–H groups in total. The van der Waals surface area contributed by atoms with Crippen molar-refractivity contribution in [1.82, 2.24) is 0 Å². The normalized spacial score (nSPS) is 16.1. The van der Waals surface area contributed by atoms with Crippen LogP contribution in [0.15, 0.2) is 29.2 Å². The number of Topliss-reactive ketones (excluding diaryl/α,β-unsaturated/α-hetero) is 1. The zero-order valence-corrected chi connectivity index (χ0v) is 11.4. The molecule has 1 aliphatic rings. The van der Waals surface area contributed by atoms with Gasteiger partial charge in [-0.1, -0.05) is 19.1 Å². The number of carbonyl (C=O) groups excluding carboxylic acids is 2. The van der Waals surface area contributed by atoms with Gasteiger partial charge in [-0.3, -0.25) is 9.59 Å². The van der Waals surface area contributed by atoms with Crippen molar-refractivity contribution in [3.63, 3.8) is 0 Å². The zero-order chi connectivity index (χ0) is 13.2. The third-order valence-electron chi connectivity index (χ3n) is 3.19. The van der Waals surface area contributed by atoms with Crippen molar-refractivity contribution in [2.75, 3.05) is 12.9 Å². The van der Waals surface area contributed by atoms with Gasteiger partial charge in [0, 0.05) is 10.5 Å². The number of esters is 1. The quantitative estimate of drug-likeness (QED) is 0.355. The molecule has 4 heteroatoms. The summed E-state index contributed by atoms with van der Waals surface area (Å²) in [6, 6.07) is 7.44. The van der Waals surface area contributed by atoms with Crippen LogP contribution in [0.2, 0.25) is 0 Å². The number of benzene rings is 1. The van der Waals surface area contributed by atoms with Crippen molar-refractivity contribution < 1.29 is 14.3 Å². The van der Waals surface area contributed by atoms with E-state index in [1.807, 2.05) is 12.1 Å². The Bertz CT molecular complexity index is 460. The molecule has 1 aromatic carbocycles. The highest BCUT2D eigenvalue weighted by Gasteiger charge is 2.57. The third kappa shape index (κ3) is 2.29. The highest BCUT2D eigenvalue weighted by molar-refractivity contribution is 7.99. The van der Waals surface area contributed by atoms with Crippen LogP contribution in [-0.4, -0.2) is 24.6 Å². The summed E-state index contributed by atoms with van der Waals surface area (Å²) in [6.07, 6.45) is 1.20. The molecule has 0 atom stereocenters. The van der Waals surface area contributed by atoms with Gasteiger partial charge in [-0.25, -0.2) is 0 Å². The minimum atomic E-state index is -0.895. The Kier molecular flexibility index (Phi) is 3.76. The molecule has 0 spiro atoms. The summed E-state index contributed by atoms with van der Waals surface area (Å²) >= 11 is 1.73. The first-order valence-electron chi connectivity index (χ1n) is 6.00. The maximum atomic E-state index is 12.3. The first kappa shape index (κ1) is 13.1. The lowest BCUT2D eigenvalue weighted by atomic mass is 9.95. The zero-order valence-electron chi connectivity index (χ0n) is 10.6. The second kappa shape index (κ2) is 5.14. The number of ether oxygens (including phenoxy) is 1.